The fourth-order valence-electron chi connectivity index (χ4n) is 3.08. The highest BCUT2D eigenvalue weighted by molar-refractivity contribution is 7.91. The monoisotopic (exact) mass is 393 g/mol. The largest absolute Gasteiger partial charge is 0.497 e. The van der Waals surface area contributed by atoms with E-state index in [-0.39, 0.29) is 11.2 Å². The van der Waals surface area contributed by atoms with Gasteiger partial charge in [-0.25, -0.2) is 13.2 Å². The van der Waals surface area contributed by atoms with E-state index in [4.69, 9.17) is 4.74 Å². The number of piperidine rings is 1. The molecule has 2 amide bonds. The Kier molecular flexibility index (Phi) is 5.64. The minimum absolute atomic E-state index is 0.0232. The number of aromatic nitrogens is 3. The Morgan fingerprint density at radius 1 is 1.26 bits per heavy atom. The van der Waals surface area contributed by atoms with Crippen molar-refractivity contribution in [2.75, 3.05) is 20.2 Å². The van der Waals surface area contributed by atoms with E-state index < -0.39 is 15.1 Å². The van der Waals surface area contributed by atoms with E-state index in [2.05, 4.69) is 15.5 Å². The lowest BCUT2D eigenvalue weighted by Crippen LogP contribution is -2.46. The predicted octanol–water partition coefficient (Wildman–Crippen LogP) is 0.972. The number of amides is 2. The van der Waals surface area contributed by atoms with Crippen LogP contribution >= 0.6 is 0 Å². The van der Waals surface area contributed by atoms with Crippen LogP contribution in [0.1, 0.15) is 18.4 Å². The van der Waals surface area contributed by atoms with E-state index in [1.807, 2.05) is 24.3 Å². The first-order valence-corrected chi connectivity index (χ1v) is 10.2. The smallest absolute Gasteiger partial charge is 0.317 e. The van der Waals surface area contributed by atoms with Crippen LogP contribution in [-0.2, 0) is 23.4 Å². The summed E-state index contributed by atoms with van der Waals surface area (Å²) in [5, 5.41) is 9.65. The van der Waals surface area contributed by atoms with Gasteiger partial charge >= 0.3 is 6.03 Å². The molecule has 2 heterocycles. The van der Waals surface area contributed by atoms with Gasteiger partial charge in [0.15, 0.2) is 0 Å². The lowest BCUT2D eigenvalue weighted by Gasteiger charge is -2.31. The maximum atomic E-state index is 12.7. The number of urea groups is 1. The van der Waals surface area contributed by atoms with Crippen molar-refractivity contribution in [2.24, 2.45) is 7.05 Å². The number of carbonyl (C=O) groups excluding carboxylic acids is 1. The third-order valence-corrected chi connectivity index (χ3v) is 6.92. The molecule has 146 valence electrons. The molecule has 0 unspecified atom stereocenters. The lowest BCUT2D eigenvalue weighted by atomic mass is 10.1. The van der Waals surface area contributed by atoms with Crippen molar-refractivity contribution < 1.29 is 17.9 Å². The molecular formula is C17H23N5O4S. The molecule has 0 spiro atoms. The molecule has 1 N–H and O–H groups in total. The van der Waals surface area contributed by atoms with Crippen LogP contribution in [0.3, 0.4) is 0 Å². The molecule has 1 aliphatic heterocycles. The first-order chi connectivity index (χ1) is 12.9. The van der Waals surface area contributed by atoms with Crippen LogP contribution in [0.15, 0.2) is 35.7 Å². The minimum Gasteiger partial charge on any atom is -0.497 e. The molecule has 0 aliphatic carbocycles. The zero-order valence-corrected chi connectivity index (χ0v) is 16.1. The summed E-state index contributed by atoms with van der Waals surface area (Å²) in [5.74, 6) is 0.760. The maximum Gasteiger partial charge on any atom is 0.317 e. The van der Waals surface area contributed by atoms with Crippen LogP contribution in [0.25, 0.3) is 0 Å². The van der Waals surface area contributed by atoms with Crippen molar-refractivity contribution in [2.45, 2.75) is 29.8 Å². The molecule has 1 aromatic carbocycles. The number of hydrogen-bond donors (Lipinski definition) is 1. The molecule has 1 saturated heterocycles. The molecular weight excluding hydrogens is 370 g/mol. The third-order valence-electron chi connectivity index (χ3n) is 4.70. The van der Waals surface area contributed by atoms with Crippen molar-refractivity contribution in [3.05, 3.63) is 36.2 Å². The zero-order chi connectivity index (χ0) is 19.4. The summed E-state index contributed by atoms with van der Waals surface area (Å²) in [4.78, 5) is 14.0. The van der Waals surface area contributed by atoms with Gasteiger partial charge in [0.25, 0.3) is 0 Å². The number of rotatable bonds is 5. The average molecular weight is 393 g/mol. The molecule has 1 aliphatic rings. The van der Waals surface area contributed by atoms with Gasteiger partial charge in [0, 0.05) is 26.7 Å². The second kappa shape index (κ2) is 7.95. The van der Waals surface area contributed by atoms with Gasteiger partial charge < -0.3 is 19.5 Å². The fourth-order valence-corrected chi connectivity index (χ4v) is 4.82. The number of ether oxygens (including phenoxy) is 1. The Bertz CT molecular complexity index is 886. The number of carbonyl (C=O) groups is 1. The number of nitrogens with one attached hydrogen (secondary N) is 1. The molecule has 9 nitrogen and oxygen atoms in total. The maximum absolute atomic E-state index is 12.7. The van der Waals surface area contributed by atoms with Gasteiger partial charge in [0.1, 0.15) is 12.1 Å². The molecule has 1 aromatic heterocycles. The van der Waals surface area contributed by atoms with Crippen molar-refractivity contribution in [1.82, 2.24) is 25.0 Å². The topological polar surface area (TPSA) is 106 Å². The second-order valence-corrected chi connectivity index (χ2v) is 8.58. The van der Waals surface area contributed by atoms with Crippen LogP contribution in [0, 0.1) is 0 Å². The fraction of sp³-hybridized carbons (Fsp3) is 0.471. The summed E-state index contributed by atoms with van der Waals surface area (Å²) >= 11 is 0. The van der Waals surface area contributed by atoms with E-state index in [0.717, 1.165) is 11.3 Å². The Balaban J connectivity index is 1.52. The minimum atomic E-state index is -3.54. The van der Waals surface area contributed by atoms with Crippen LogP contribution in [0.5, 0.6) is 5.75 Å². The number of nitrogens with zero attached hydrogens (tertiary/aromatic N) is 4. The van der Waals surface area contributed by atoms with E-state index in [1.54, 1.807) is 19.1 Å². The van der Waals surface area contributed by atoms with Crippen LogP contribution in [0.4, 0.5) is 4.79 Å². The summed E-state index contributed by atoms with van der Waals surface area (Å²) in [5.41, 5.74) is 0.962. The van der Waals surface area contributed by atoms with Crippen molar-refractivity contribution in [1.29, 1.82) is 0 Å². The molecule has 27 heavy (non-hydrogen) atoms. The average Bonchev–Trinajstić information content (AvgIpc) is 3.13. The van der Waals surface area contributed by atoms with Crippen LogP contribution < -0.4 is 10.1 Å². The number of sulfone groups is 1. The van der Waals surface area contributed by atoms with Gasteiger partial charge in [0.2, 0.25) is 15.0 Å². The second-order valence-electron chi connectivity index (χ2n) is 6.46. The number of hydrogen-bond acceptors (Lipinski definition) is 6. The highest BCUT2D eigenvalue weighted by Crippen LogP contribution is 2.23. The molecule has 3 rings (SSSR count). The first kappa shape index (κ1) is 19.2. The van der Waals surface area contributed by atoms with E-state index in [9.17, 15) is 13.2 Å². The number of benzene rings is 1. The Morgan fingerprint density at radius 2 is 1.93 bits per heavy atom. The van der Waals surface area contributed by atoms with Crippen LogP contribution in [-0.4, -0.2) is 59.6 Å². The zero-order valence-electron chi connectivity index (χ0n) is 15.3. The summed E-state index contributed by atoms with van der Waals surface area (Å²) in [6.45, 7) is 1.17. The van der Waals surface area contributed by atoms with Crippen molar-refractivity contribution in [3.63, 3.8) is 0 Å². The Labute approximate surface area is 158 Å². The van der Waals surface area contributed by atoms with Gasteiger partial charge in [-0.15, -0.1) is 10.2 Å². The number of aryl methyl sites for hydroxylation is 1. The number of methoxy groups -OCH3 is 1. The Hall–Kier alpha value is -2.62. The predicted molar refractivity (Wildman–Crippen MR) is 98.0 cm³/mol. The number of likely N-dealkylation sites (tertiary alicyclic amines) is 1. The first-order valence-electron chi connectivity index (χ1n) is 8.65. The molecule has 2 aromatic rings. The normalized spacial score (nSPS) is 15.6. The highest BCUT2D eigenvalue weighted by atomic mass is 32.2. The van der Waals surface area contributed by atoms with E-state index in [0.29, 0.717) is 32.5 Å². The van der Waals surface area contributed by atoms with Crippen molar-refractivity contribution in [3.8, 4) is 5.75 Å². The summed E-state index contributed by atoms with van der Waals surface area (Å²) in [6, 6.07) is 7.26. The van der Waals surface area contributed by atoms with Gasteiger partial charge in [-0.1, -0.05) is 12.1 Å². The quantitative estimate of drug-likeness (QED) is 0.811. The molecule has 0 atom stereocenters. The SMILES string of the molecule is COc1ccc(CNC(=O)N2CCC(S(=O)(=O)c3nncn3C)CC2)cc1. The molecule has 1 fully saturated rings. The molecule has 0 saturated carbocycles. The van der Waals surface area contributed by atoms with E-state index >= 15 is 0 Å². The lowest BCUT2D eigenvalue weighted by molar-refractivity contribution is 0.186. The Morgan fingerprint density at radius 3 is 2.48 bits per heavy atom. The van der Waals surface area contributed by atoms with Gasteiger partial charge in [-0.2, -0.15) is 0 Å². The molecule has 0 bridgehead atoms. The third kappa shape index (κ3) is 4.21. The van der Waals surface area contributed by atoms with Crippen molar-refractivity contribution >= 4 is 15.9 Å². The molecule has 0 radical (unpaired) electrons. The summed E-state index contributed by atoms with van der Waals surface area (Å²) < 4.78 is 31.8. The van der Waals surface area contributed by atoms with Crippen LogP contribution in [0.2, 0.25) is 0 Å². The summed E-state index contributed by atoms with van der Waals surface area (Å²) in [6.07, 6.45) is 2.13. The van der Waals surface area contributed by atoms with Gasteiger partial charge in [-0.05, 0) is 30.5 Å². The van der Waals surface area contributed by atoms with Gasteiger partial charge in [0.05, 0.1) is 12.4 Å². The van der Waals surface area contributed by atoms with E-state index in [1.165, 1.54) is 10.9 Å². The molecule has 10 heteroatoms. The highest BCUT2D eigenvalue weighted by Gasteiger charge is 2.35. The van der Waals surface area contributed by atoms with Gasteiger partial charge in [-0.3, -0.25) is 0 Å². The summed E-state index contributed by atoms with van der Waals surface area (Å²) in [7, 11) is -0.333. The standard InChI is InChI=1S/C17H23N5O4S/c1-21-12-19-20-17(21)27(24,25)15-7-9-22(10-8-15)16(23)18-11-13-3-5-14(26-2)6-4-13/h3-6,12,15H,7-11H2,1-2H3,(H,18,23).